The number of benzene rings is 1. The highest BCUT2D eigenvalue weighted by Gasteiger charge is 2.31. The number of aryl methyl sites for hydroxylation is 1. The van der Waals surface area contributed by atoms with Crippen LogP contribution in [-0.4, -0.2) is 20.5 Å². The maximum Gasteiger partial charge on any atom is 0.222 e. The minimum Gasteiger partial charge on any atom is -0.453 e. The third kappa shape index (κ3) is 3.26. The van der Waals surface area contributed by atoms with Crippen LogP contribution in [0.4, 0.5) is 4.39 Å². The Hall–Kier alpha value is -3.27. The molecule has 0 bridgehead atoms. The normalized spacial score (nSPS) is 14.8. The molecule has 1 atom stereocenters. The van der Waals surface area contributed by atoms with E-state index in [0.29, 0.717) is 23.7 Å². The highest BCUT2D eigenvalue weighted by molar-refractivity contribution is 6.00. The van der Waals surface area contributed by atoms with Crippen LogP contribution in [0.1, 0.15) is 47.4 Å². The molecule has 0 fully saturated rings. The Morgan fingerprint density at radius 3 is 2.74 bits per heavy atom. The molecule has 2 aromatic heterocycles. The number of Topliss-reactive ketones (excluding diaryl/α,β-unsaturated/α-hetero) is 1. The van der Waals surface area contributed by atoms with Crippen molar-refractivity contribution in [2.45, 2.75) is 38.1 Å². The van der Waals surface area contributed by atoms with Crippen molar-refractivity contribution in [1.82, 2.24) is 14.8 Å². The zero-order valence-corrected chi connectivity index (χ0v) is 14.6. The summed E-state index contributed by atoms with van der Waals surface area (Å²) in [6, 6.07) is 11.0. The second-order valence-electron chi connectivity index (χ2n) is 6.53. The SMILES string of the molecule is N#C[C@@H](C(=O)c1ccc(-c2ccc(F)cc2)o1)c1nnc2n1CCCCC2. The topological polar surface area (TPSA) is 84.7 Å². The van der Waals surface area contributed by atoms with E-state index in [4.69, 9.17) is 4.42 Å². The monoisotopic (exact) mass is 364 g/mol. The molecule has 0 amide bonds. The van der Waals surface area contributed by atoms with Gasteiger partial charge in [0, 0.05) is 18.5 Å². The first-order valence-corrected chi connectivity index (χ1v) is 8.89. The number of nitrogens with zero attached hydrogens (tertiary/aromatic N) is 4. The molecule has 0 spiro atoms. The zero-order valence-electron chi connectivity index (χ0n) is 14.6. The molecule has 1 aliphatic heterocycles. The second-order valence-corrected chi connectivity index (χ2v) is 6.53. The molecule has 3 aromatic rings. The van der Waals surface area contributed by atoms with Crippen LogP contribution in [-0.2, 0) is 13.0 Å². The Morgan fingerprint density at radius 1 is 1.15 bits per heavy atom. The lowest BCUT2D eigenvalue weighted by Gasteiger charge is -2.09. The van der Waals surface area contributed by atoms with Crippen LogP contribution < -0.4 is 0 Å². The number of nitriles is 1. The molecule has 0 radical (unpaired) electrons. The number of aromatic nitrogens is 3. The molecule has 7 heteroatoms. The van der Waals surface area contributed by atoms with Crippen molar-refractivity contribution in [3.63, 3.8) is 0 Å². The number of fused-ring (bicyclic) bond motifs is 1. The van der Waals surface area contributed by atoms with Gasteiger partial charge in [-0.2, -0.15) is 5.26 Å². The summed E-state index contributed by atoms with van der Waals surface area (Å²) < 4.78 is 20.6. The minimum absolute atomic E-state index is 0.0758. The van der Waals surface area contributed by atoms with E-state index < -0.39 is 11.7 Å². The van der Waals surface area contributed by atoms with Gasteiger partial charge in [0.25, 0.3) is 0 Å². The molecule has 0 aliphatic carbocycles. The van der Waals surface area contributed by atoms with Gasteiger partial charge >= 0.3 is 0 Å². The Kier molecular flexibility index (Phi) is 4.55. The molecule has 0 unspecified atom stereocenters. The first kappa shape index (κ1) is 17.2. The van der Waals surface area contributed by atoms with Crippen LogP contribution in [0.2, 0.25) is 0 Å². The molecule has 0 saturated heterocycles. The summed E-state index contributed by atoms with van der Waals surface area (Å²) in [6.45, 7) is 0.710. The summed E-state index contributed by atoms with van der Waals surface area (Å²) in [5.41, 5.74) is 0.653. The van der Waals surface area contributed by atoms with Gasteiger partial charge in [0.15, 0.2) is 17.5 Å². The van der Waals surface area contributed by atoms with E-state index in [1.165, 1.54) is 18.2 Å². The Bertz CT molecular complexity index is 1010. The number of rotatable bonds is 4. The molecule has 3 heterocycles. The van der Waals surface area contributed by atoms with Gasteiger partial charge in [-0.05, 0) is 49.2 Å². The van der Waals surface area contributed by atoms with E-state index in [1.807, 2.05) is 10.6 Å². The van der Waals surface area contributed by atoms with Crippen LogP contribution in [0.3, 0.4) is 0 Å². The molecular formula is C20H17FN4O2. The van der Waals surface area contributed by atoms with Gasteiger partial charge < -0.3 is 8.98 Å². The van der Waals surface area contributed by atoms with Crippen LogP contribution in [0.25, 0.3) is 11.3 Å². The summed E-state index contributed by atoms with van der Waals surface area (Å²) in [6.07, 6.45) is 3.89. The van der Waals surface area contributed by atoms with E-state index in [0.717, 1.165) is 31.5 Å². The average Bonchev–Trinajstić information content (AvgIpc) is 3.25. The Labute approximate surface area is 155 Å². The van der Waals surface area contributed by atoms with E-state index in [-0.39, 0.29) is 11.6 Å². The number of carbonyl (C=O) groups is 1. The van der Waals surface area contributed by atoms with Gasteiger partial charge in [-0.15, -0.1) is 10.2 Å². The van der Waals surface area contributed by atoms with Crippen molar-refractivity contribution in [3.8, 4) is 17.4 Å². The van der Waals surface area contributed by atoms with Crippen LogP contribution in [0.15, 0.2) is 40.8 Å². The van der Waals surface area contributed by atoms with Crippen LogP contribution >= 0.6 is 0 Å². The van der Waals surface area contributed by atoms with E-state index in [1.54, 1.807) is 18.2 Å². The third-order valence-electron chi connectivity index (χ3n) is 4.77. The summed E-state index contributed by atoms with van der Waals surface area (Å²) in [5, 5.41) is 17.9. The molecule has 27 heavy (non-hydrogen) atoms. The third-order valence-corrected chi connectivity index (χ3v) is 4.77. The summed E-state index contributed by atoms with van der Waals surface area (Å²) in [4.78, 5) is 12.9. The summed E-state index contributed by atoms with van der Waals surface area (Å²) in [7, 11) is 0. The van der Waals surface area contributed by atoms with Crippen LogP contribution in [0.5, 0.6) is 0 Å². The average molecular weight is 364 g/mol. The number of carbonyl (C=O) groups excluding carboxylic acids is 1. The fourth-order valence-electron chi connectivity index (χ4n) is 3.34. The van der Waals surface area contributed by atoms with Crippen molar-refractivity contribution < 1.29 is 13.6 Å². The van der Waals surface area contributed by atoms with Crippen molar-refractivity contribution >= 4 is 5.78 Å². The van der Waals surface area contributed by atoms with E-state index >= 15 is 0 Å². The smallest absolute Gasteiger partial charge is 0.222 e. The molecule has 0 saturated carbocycles. The van der Waals surface area contributed by atoms with E-state index in [2.05, 4.69) is 10.2 Å². The molecular weight excluding hydrogens is 347 g/mol. The predicted octanol–water partition coefficient (Wildman–Crippen LogP) is 3.89. The zero-order chi connectivity index (χ0) is 18.8. The van der Waals surface area contributed by atoms with Crippen LogP contribution in [0, 0.1) is 17.1 Å². The number of ketones is 1. The fraction of sp³-hybridized carbons (Fsp3) is 0.300. The van der Waals surface area contributed by atoms with Gasteiger partial charge in [-0.1, -0.05) is 6.42 Å². The fourth-order valence-corrected chi connectivity index (χ4v) is 3.34. The van der Waals surface area contributed by atoms with Gasteiger partial charge in [0.05, 0.1) is 6.07 Å². The van der Waals surface area contributed by atoms with Crippen molar-refractivity contribution in [1.29, 1.82) is 5.26 Å². The second kappa shape index (κ2) is 7.16. The Morgan fingerprint density at radius 2 is 1.96 bits per heavy atom. The summed E-state index contributed by atoms with van der Waals surface area (Å²) in [5.74, 6) is -0.163. The van der Waals surface area contributed by atoms with Gasteiger partial charge in [0.1, 0.15) is 17.4 Å². The number of furan rings is 1. The van der Waals surface area contributed by atoms with Gasteiger partial charge in [-0.25, -0.2) is 4.39 Å². The first-order valence-electron chi connectivity index (χ1n) is 8.89. The standard InChI is InChI=1S/C20H17FN4O2/c21-14-7-5-13(6-8-14)16-9-10-17(27-16)19(26)15(12-22)20-24-23-18-4-2-1-3-11-25(18)20/h5-10,15H,1-4,11H2/t15-/m0/s1. The van der Waals surface area contributed by atoms with Crippen molar-refractivity contribution in [3.05, 3.63) is 59.6 Å². The minimum atomic E-state index is -1.07. The maximum atomic E-state index is 13.1. The quantitative estimate of drug-likeness (QED) is 0.656. The number of hydrogen-bond acceptors (Lipinski definition) is 5. The molecule has 1 aromatic carbocycles. The predicted molar refractivity (Wildman–Crippen MR) is 94.4 cm³/mol. The van der Waals surface area contributed by atoms with Crippen molar-refractivity contribution in [2.24, 2.45) is 0 Å². The maximum absolute atomic E-state index is 13.1. The molecule has 4 rings (SSSR count). The molecule has 6 nitrogen and oxygen atoms in total. The lowest BCUT2D eigenvalue weighted by molar-refractivity contribution is 0.0948. The lowest BCUT2D eigenvalue weighted by atomic mass is 10.0. The molecule has 1 aliphatic rings. The summed E-state index contributed by atoms with van der Waals surface area (Å²) >= 11 is 0. The lowest BCUT2D eigenvalue weighted by Crippen LogP contribution is -2.17. The highest BCUT2D eigenvalue weighted by atomic mass is 19.1. The van der Waals surface area contributed by atoms with Gasteiger partial charge in [-0.3, -0.25) is 4.79 Å². The molecule has 0 N–H and O–H groups in total. The largest absolute Gasteiger partial charge is 0.453 e. The Balaban J connectivity index is 1.63. The van der Waals surface area contributed by atoms with Gasteiger partial charge in [0.2, 0.25) is 5.78 Å². The molecule has 136 valence electrons. The van der Waals surface area contributed by atoms with E-state index in [9.17, 15) is 14.4 Å². The first-order chi connectivity index (χ1) is 13.2. The van der Waals surface area contributed by atoms with Crippen molar-refractivity contribution in [2.75, 3.05) is 0 Å². The number of halogens is 1. The number of hydrogen-bond donors (Lipinski definition) is 0. The highest BCUT2D eigenvalue weighted by Crippen LogP contribution is 2.27.